The quantitative estimate of drug-likeness (QED) is 0.869. The Bertz CT molecular complexity index is 656. The molecule has 3 heteroatoms. The van der Waals surface area contributed by atoms with Crippen LogP contribution in [0.25, 0.3) is 0 Å². The van der Waals surface area contributed by atoms with E-state index >= 15 is 0 Å². The van der Waals surface area contributed by atoms with Crippen LogP contribution in [0.1, 0.15) is 16.7 Å². The van der Waals surface area contributed by atoms with Crippen molar-refractivity contribution in [2.24, 2.45) is 5.73 Å². The van der Waals surface area contributed by atoms with Crippen LogP contribution in [0.15, 0.2) is 42.5 Å². The molecule has 0 saturated carbocycles. The van der Waals surface area contributed by atoms with E-state index in [1.807, 2.05) is 31.2 Å². The minimum Gasteiger partial charge on any atom is -0.489 e. The van der Waals surface area contributed by atoms with Gasteiger partial charge in [-0.2, -0.15) is 0 Å². The molecule has 0 spiro atoms. The van der Waals surface area contributed by atoms with Gasteiger partial charge in [0.15, 0.2) is 0 Å². The lowest BCUT2D eigenvalue weighted by Gasteiger charge is -2.09. The monoisotopic (exact) mass is 269 g/mol. The van der Waals surface area contributed by atoms with Crippen LogP contribution in [0.3, 0.4) is 0 Å². The number of hydrogen-bond donors (Lipinski definition) is 1. The largest absolute Gasteiger partial charge is 0.489 e. The van der Waals surface area contributed by atoms with Crippen LogP contribution < -0.4 is 10.5 Å². The number of hydrogen-bond acceptors (Lipinski definition) is 2. The second-order valence-corrected chi connectivity index (χ2v) is 4.40. The molecule has 0 saturated heterocycles. The zero-order valence-corrected chi connectivity index (χ0v) is 11.3. The smallest absolute Gasteiger partial charge is 0.123 e. The van der Waals surface area contributed by atoms with Gasteiger partial charge in [-0.1, -0.05) is 24.0 Å². The number of halogens is 1. The molecule has 0 atom stereocenters. The van der Waals surface area contributed by atoms with Gasteiger partial charge in [0.05, 0.1) is 6.54 Å². The maximum absolute atomic E-state index is 13.0. The van der Waals surface area contributed by atoms with Gasteiger partial charge in [0.1, 0.15) is 18.2 Å². The Morgan fingerprint density at radius 1 is 1.20 bits per heavy atom. The zero-order chi connectivity index (χ0) is 14.4. The summed E-state index contributed by atoms with van der Waals surface area (Å²) in [5.74, 6) is 6.23. The van der Waals surface area contributed by atoms with E-state index in [0.29, 0.717) is 18.9 Å². The predicted molar refractivity (Wildman–Crippen MR) is 77.8 cm³/mol. The van der Waals surface area contributed by atoms with Crippen molar-refractivity contribution in [2.45, 2.75) is 13.5 Å². The van der Waals surface area contributed by atoms with E-state index in [4.69, 9.17) is 10.5 Å². The lowest BCUT2D eigenvalue weighted by Crippen LogP contribution is -1.98. The van der Waals surface area contributed by atoms with Gasteiger partial charge in [0.2, 0.25) is 0 Å². The van der Waals surface area contributed by atoms with Crippen molar-refractivity contribution >= 4 is 0 Å². The fourth-order valence-corrected chi connectivity index (χ4v) is 1.83. The SMILES string of the molecule is Cc1cc(F)ccc1OCc1cccc(C#CCN)c1. The van der Waals surface area contributed by atoms with Gasteiger partial charge in [-0.3, -0.25) is 0 Å². The molecule has 0 radical (unpaired) electrons. The summed E-state index contributed by atoms with van der Waals surface area (Å²) in [7, 11) is 0. The highest BCUT2D eigenvalue weighted by Crippen LogP contribution is 2.19. The molecule has 0 aliphatic heterocycles. The van der Waals surface area contributed by atoms with Crippen LogP contribution in [-0.4, -0.2) is 6.54 Å². The van der Waals surface area contributed by atoms with Crippen molar-refractivity contribution in [1.29, 1.82) is 0 Å². The molecule has 0 bridgehead atoms. The van der Waals surface area contributed by atoms with Gasteiger partial charge in [-0.25, -0.2) is 4.39 Å². The second kappa shape index (κ2) is 6.74. The lowest BCUT2D eigenvalue weighted by atomic mass is 10.1. The third kappa shape index (κ3) is 3.84. The van der Waals surface area contributed by atoms with E-state index < -0.39 is 0 Å². The van der Waals surface area contributed by atoms with Gasteiger partial charge in [0, 0.05) is 5.56 Å². The average Bonchev–Trinajstić information content (AvgIpc) is 2.45. The fraction of sp³-hybridized carbons (Fsp3) is 0.176. The summed E-state index contributed by atoms with van der Waals surface area (Å²) in [6.45, 7) is 2.58. The van der Waals surface area contributed by atoms with E-state index in [1.54, 1.807) is 6.07 Å². The zero-order valence-electron chi connectivity index (χ0n) is 11.3. The first-order valence-corrected chi connectivity index (χ1v) is 6.36. The first kappa shape index (κ1) is 14.1. The number of aryl methyl sites for hydroxylation is 1. The molecule has 102 valence electrons. The standard InChI is InChI=1S/C17H16FNO/c1-13-10-16(18)7-8-17(13)20-12-15-5-2-4-14(11-15)6-3-9-19/h2,4-5,7-8,10-11H,9,12,19H2,1H3. The minimum atomic E-state index is -0.256. The van der Waals surface area contributed by atoms with Gasteiger partial charge < -0.3 is 10.5 Å². The molecule has 2 aromatic rings. The van der Waals surface area contributed by atoms with Crippen LogP contribution in [0, 0.1) is 24.6 Å². The molecule has 0 amide bonds. The Morgan fingerprint density at radius 2 is 2.05 bits per heavy atom. The van der Waals surface area contributed by atoms with Gasteiger partial charge in [-0.05, 0) is 48.4 Å². The number of nitrogens with two attached hydrogens (primary N) is 1. The van der Waals surface area contributed by atoms with Crippen molar-refractivity contribution in [2.75, 3.05) is 6.54 Å². The highest BCUT2D eigenvalue weighted by Gasteiger charge is 2.02. The van der Waals surface area contributed by atoms with E-state index in [-0.39, 0.29) is 5.82 Å². The Morgan fingerprint density at radius 3 is 2.80 bits per heavy atom. The normalized spacial score (nSPS) is 9.75. The Balaban J connectivity index is 2.07. The predicted octanol–water partition coefficient (Wildman–Crippen LogP) is 3.02. The highest BCUT2D eigenvalue weighted by atomic mass is 19.1. The summed E-state index contributed by atoms with van der Waals surface area (Å²) < 4.78 is 18.7. The first-order valence-electron chi connectivity index (χ1n) is 6.36. The van der Waals surface area contributed by atoms with Gasteiger partial charge in [-0.15, -0.1) is 0 Å². The van der Waals surface area contributed by atoms with Crippen molar-refractivity contribution in [3.05, 3.63) is 65.0 Å². The van der Waals surface area contributed by atoms with E-state index in [9.17, 15) is 4.39 Å². The van der Waals surface area contributed by atoms with Crippen LogP contribution in [0.5, 0.6) is 5.75 Å². The summed E-state index contributed by atoms with van der Waals surface area (Å²) in [6.07, 6.45) is 0. The second-order valence-electron chi connectivity index (χ2n) is 4.40. The number of ether oxygens (including phenoxy) is 1. The third-order valence-electron chi connectivity index (χ3n) is 2.79. The van der Waals surface area contributed by atoms with Crippen molar-refractivity contribution < 1.29 is 9.13 Å². The summed E-state index contributed by atoms with van der Waals surface area (Å²) in [5.41, 5.74) is 8.05. The number of benzene rings is 2. The molecule has 0 aliphatic rings. The molecular weight excluding hydrogens is 253 g/mol. The molecule has 0 aliphatic carbocycles. The molecule has 2 aromatic carbocycles. The highest BCUT2D eigenvalue weighted by molar-refractivity contribution is 5.38. The fourth-order valence-electron chi connectivity index (χ4n) is 1.83. The van der Waals surface area contributed by atoms with E-state index in [0.717, 1.165) is 16.7 Å². The first-order chi connectivity index (χ1) is 9.69. The molecule has 2 N–H and O–H groups in total. The number of rotatable bonds is 3. The maximum Gasteiger partial charge on any atom is 0.123 e. The molecule has 0 fully saturated rings. The maximum atomic E-state index is 13.0. The van der Waals surface area contributed by atoms with Crippen LogP contribution in [-0.2, 0) is 6.61 Å². The Kier molecular flexibility index (Phi) is 4.75. The Labute approximate surface area is 118 Å². The van der Waals surface area contributed by atoms with Crippen LogP contribution >= 0.6 is 0 Å². The van der Waals surface area contributed by atoms with Crippen molar-refractivity contribution in [3.63, 3.8) is 0 Å². The third-order valence-corrected chi connectivity index (χ3v) is 2.79. The van der Waals surface area contributed by atoms with Crippen molar-refractivity contribution in [3.8, 4) is 17.6 Å². The molecular formula is C17H16FNO. The Hall–Kier alpha value is -2.31. The summed E-state index contributed by atoms with van der Waals surface area (Å²) >= 11 is 0. The molecule has 2 rings (SSSR count). The molecule has 0 heterocycles. The molecule has 0 unspecified atom stereocenters. The van der Waals surface area contributed by atoms with Crippen LogP contribution in [0.2, 0.25) is 0 Å². The average molecular weight is 269 g/mol. The van der Waals surface area contributed by atoms with Gasteiger partial charge in [0.25, 0.3) is 0 Å². The van der Waals surface area contributed by atoms with Crippen LogP contribution in [0.4, 0.5) is 4.39 Å². The van der Waals surface area contributed by atoms with Crippen molar-refractivity contribution in [1.82, 2.24) is 0 Å². The minimum absolute atomic E-state index is 0.256. The van der Waals surface area contributed by atoms with Gasteiger partial charge >= 0.3 is 0 Å². The summed E-state index contributed by atoms with van der Waals surface area (Å²) in [4.78, 5) is 0. The molecule has 0 aromatic heterocycles. The van der Waals surface area contributed by atoms with E-state index in [2.05, 4.69) is 11.8 Å². The van der Waals surface area contributed by atoms with E-state index in [1.165, 1.54) is 12.1 Å². The lowest BCUT2D eigenvalue weighted by molar-refractivity contribution is 0.303. The topological polar surface area (TPSA) is 35.2 Å². The molecule has 20 heavy (non-hydrogen) atoms. The summed E-state index contributed by atoms with van der Waals surface area (Å²) in [5, 5.41) is 0. The summed E-state index contributed by atoms with van der Waals surface area (Å²) in [6, 6.07) is 12.3. The molecule has 2 nitrogen and oxygen atoms in total.